The number of ether oxygens (including phenoxy) is 1. The number of rotatable bonds is 4. The van der Waals surface area contributed by atoms with Crippen molar-refractivity contribution in [2.24, 2.45) is 5.73 Å². The van der Waals surface area contributed by atoms with Gasteiger partial charge in [0.15, 0.2) is 0 Å². The Balaban J connectivity index is 2.55. The van der Waals surface area contributed by atoms with E-state index < -0.39 is 0 Å². The third-order valence-electron chi connectivity index (χ3n) is 3.11. The average molecular weight is 257 g/mol. The van der Waals surface area contributed by atoms with E-state index in [9.17, 15) is 0 Å². The van der Waals surface area contributed by atoms with Crippen molar-refractivity contribution in [2.75, 3.05) is 7.11 Å². The van der Waals surface area contributed by atoms with Crippen LogP contribution in [-0.4, -0.2) is 17.1 Å². The molecule has 0 saturated carbocycles. The van der Waals surface area contributed by atoms with Gasteiger partial charge in [-0.05, 0) is 23.6 Å². The number of aromatic nitrogens is 2. The number of hydrogen-bond acceptors (Lipinski definition) is 4. The molecule has 0 bridgehead atoms. The summed E-state index contributed by atoms with van der Waals surface area (Å²) in [5, 5.41) is 0. The number of methoxy groups -OCH3 is 1. The van der Waals surface area contributed by atoms with Crippen molar-refractivity contribution in [3.8, 4) is 17.0 Å². The van der Waals surface area contributed by atoms with Gasteiger partial charge in [-0.25, -0.2) is 0 Å². The zero-order chi connectivity index (χ0) is 13.8. The lowest BCUT2D eigenvalue weighted by molar-refractivity contribution is 0.415. The Labute approximate surface area is 113 Å². The first kappa shape index (κ1) is 13.5. The molecule has 2 rings (SSSR count). The van der Waals surface area contributed by atoms with E-state index >= 15 is 0 Å². The molecule has 0 spiro atoms. The maximum atomic E-state index is 5.71. The standard InChI is InChI=1S/C15H19N3O/c1-10(2)11-4-5-12(14(8-11)19-3)15-13(9-16)17-6-7-18-15/h4-8,10H,9,16H2,1-3H3. The Morgan fingerprint density at radius 3 is 2.58 bits per heavy atom. The van der Waals surface area contributed by atoms with Gasteiger partial charge in [0.1, 0.15) is 5.75 Å². The van der Waals surface area contributed by atoms with Crippen molar-refractivity contribution in [3.63, 3.8) is 0 Å². The van der Waals surface area contributed by atoms with Crippen LogP contribution in [0, 0.1) is 0 Å². The number of nitrogens with zero attached hydrogens (tertiary/aromatic N) is 2. The summed E-state index contributed by atoms with van der Waals surface area (Å²) in [6, 6.07) is 6.17. The molecule has 100 valence electrons. The molecule has 0 radical (unpaired) electrons. The lowest BCUT2D eigenvalue weighted by Gasteiger charge is -2.13. The van der Waals surface area contributed by atoms with Crippen LogP contribution in [-0.2, 0) is 6.54 Å². The smallest absolute Gasteiger partial charge is 0.128 e. The van der Waals surface area contributed by atoms with Gasteiger partial charge in [0, 0.05) is 24.5 Å². The van der Waals surface area contributed by atoms with Crippen molar-refractivity contribution in [1.29, 1.82) is 0 Å². The van der Waals surface area contributed by atoms with Gasteiger partial charge in [-0.1, -0.05) is 19.9 Å². The van der Waals surface area contributed by atoms with E-state index in [2.05, 4.69) is 35.9 Å². The quantitative estimate of drug-likeness (QED) is 0.914. The molecule has 1 aromatic heterocycles. The first-order valence-corrected chi connectivity index (χ1v) is 6.35. The maximum Gasteiger partial charge on any atom is 0.128 e. The van der Waals surface area contributed by atoms with Gasteiger partial charge in [-0.2, -0.15) is 0 Å². The van der Waals surface area contributed by atoms with Crippen LogP contribution in [0.15, 0.2) is 30.6 Å². The molecule has 0 atom stereocenters. The molecule has 1 heterocycles. The van der Waals surface area contributed by atoms with E-state index in [1.807, 2.05) is 6.07 Å². The molecule has 19 heavy (non-hydrogen) atoms. The fourth-order valence-electron chi connectivity index (χ4n) is 2.00. The van der Waals surface area contributed by atoms with Crippen molar-refractivity contribution in [1.82, 2.24) is 9.97 Å². The van der Waals surface area contributed by atoms with Gasteiger partial charge < -0.3 is 10.5 Å². The van der Waals surface area contributed by atoms with E-state index in [0.717, 1.165) is 22.7 Å². The summed E-state index contributed by atoms with van der Waals surface area (Å²) in [6.45, 7) is 4.67. The van der Waals surface area contributed by atoms with Gasteiger partial charge in [-0.3, -0.25) is 9.97 Å². The third-order valence-corrected chi connectivity index (χ3v) is 3.11. The predicted octanol–water partition coefficient (Wildman–Crippen LogP) is 2.73. The molecular formula is C15H19N3O. The zero-order valence-electron chi connectivity index (χ0n) is 11.6. The summed E-state index contributed by atoms with van der Waals surface area (Å²) in [5.41, 5.74) is 9.45. The molecule has 2 aromatic rings. The van der Waals surface area contributed by atoms with Crippen molar-refractivity contribution >= 4 is 0 Å². The van der Waals surface area contributed by atoms with Crippen molar-refractivity contribution < 1.29 is 4.74 Å². The van der Waals surface area contributed by atoms with E-state index in [4.69, 9.17) is 10.5 Å². The number of hydrogen-bond donors (Lipinski definition) is 1. The summed E-state index contributed by atoms with van der Waals surface area (Å²) < 4.78 is 5.48. The largest absolute Gasteiger partial charge is 0.496 e. The normalized spacial score (nSPS) is 10.8. The number of benzene rings is 1. The van der Waals surface area contributed by atoms with Gasteiger partial charge in [0.2, 0.25) is 0 Å². The van der Waals surface area contributed by atoms with Crippen LogP contribution in [0.1, 0.15) is 31.0 Å². The van der Waals surface area contributed by atoms with Crippen LogP contribution in [0.3, 0.4) is 0 Å². The van der Waals surface area contributed by atoms with Gasteiger partial charge >= 0.3 is 0 Å². The van der Waals surface area contributed by atoms with Crippen LogP contribution < -0.4 is 10.5 Å². The van der Waals surface area contributed by atoms with Crippen LogP contribution in [0.5, 0.6) is 5.75 Å². The van der Waals surface area contributed by atoms with E-state index in [-0.39, 0.29) is 0 Å². The maximum absolute atomic E-state index is 5.71. The topological polar surface area (TPSA) is 61.0 Å². The Hall–Kier alpha value is -1.94. The summed E-state index contributed by atoms with van der Waals surface area (Å²) in [5.74, 6) is 1.26. The second-order valence-electron chi connectivity index (χ2n) is 4.67. The van der Waals surface area contributed by atoms with Crippen molar-refractivity contribution in [3.05, 3.63) is 41.9 Å². The third kappa shape index (κ3) is 2.74. The Bertz CT molecular complexity index is 567. The molecule has 4 heteroatoms. The van der Waals surface area contributed by atoms with E-state index in [1.54, 1.807) is 19.5 Å². The van der Waals surface area contributed by atoms with Crippen LogP contribution in [0.2, 0.25) is 0 Å². The highest BCUT2D eigenvalue weighted by molar-refractivity contribution is 5.69. The first-order valence-electron chi connectivity index (χ1n) is 6.35. The molecule has 0 amide bonds. The average Bonchev–Trinajstić information content (AvgIpc) is 2.46. The molecular weight excluding hydrogens is 238 g/mol. The predicted molar refractivity (Wildman–Crippen MR) is 76.0 cm³/mol. The Morgan fingerprint density at radius 2 is 1.95 bits per heavy atom. The molecule has 0 fully saturated rings. The second-order valence-corrected chi connectivity index (χ2v) is 4.67. The minimum absolute atomic E-state index is 0.359. The zero-order valence-corrected chi connectivity index (χ0v) is 11.6. The highest BCUT2D eigenvalue weighted by Crippen LogP contribution is 2.32. The van der Waals surface area contributed by atoms with Crippen molar-refractivity contribution in [2.45, 2.75) is 26.3 Å². The first-order chi connectivity index (χ1) is 9.17. The van der Waals surface area contributed by atoms with Crippen LogP contribution >= 0.6 is 0 Å². The summed E-state index contributed by atoms with van der Waals surface area (Å²) in [6.07, 6.45) is 3.32. The molecule has 0 aliphatic rings. The second kappa shape index (κ2) is 5.80. The molecule has 0 unspecified atom stereocenters. The summed E-state index contributed by atoms with van der Waals surface area (Å²) in [4.78, 5) is 8.64. The minimum atomic E-state index is 0.359. The number of nitrogens with two attached hydrogens (primary N) is 1. The molecule has 0 aliphatic carbocycles. The highest BCUT2D eigenvalue weighted by atomic mass is 16.5. The fourth-order valence-corrected chi connectivity index (χ4v) is 2.00. The van der Waals surface area contributed by atoms with Crippen LogP contribution in [0.25, 0.3) is 11.3 Å². The van der Waals surface area contributed by atoms with E-state index in [1.165, 1.54) is 5.56 Å². The highest BCUT2D eigenvalue weighted by Gasteiger charge is 2.13. The molecule has 1 aromatic carbocycles. The van der Waals surface area contributed by atoms with Gasteiger partial charge in [0.25, 0.3) is 0 Å². The summed E-state index contributed by atoms with van der Waals surface area (Å²) in [7, 11) is 1.67. The fraction of sp³-hybridized carbons (Fsp3) is 0.333. The summed E-state index contributed by atoms with van der Waals surface area (Å²) >= 11 is 0. The van der Waals surface area contributed by atoms with Gasteiger partial charge in [-0.15, -0.1) is 0 Å². The molecule has 0 aliphatic heterocycles. The lowest BCUT2D eigenvalue weighted by atomic mass is 9.99. The molecule has 0 saturated heterocycles. The molecule has 2 N–H and O–H groups in total. The van der Waals surface area contributed by atoms with Gasteiger partial charge in [0.05, 0.1) is 18.5 Å². The monoisotopic (exact) mass is 257 g/mol. The lowest BCUT2D eigenvalue weighted by Crippen LogP contribution is -2.04. The Morgan fingerprint density at radius 1 is 1.21 bits per heavy atom. The SMILES string of the molecule is COc1cc(C(C)C)ccc1-c1nccnc1CN. The van der Waals surface area contributed by atoms with E-state index in [0.29, 0.717) is 12.5 Å². The minimum Gasteiger partial charge on any atom is -0.496 e. The van der Waals surface area contributed by atoms with Crippen LogP contribution in [0.4, 0.5) is 0 Å². The Kier molecular flexibility index (Phi) is 4.12. The molecule has 4 nitrogen and oxygen atoms in total.